The number of hydrogen-bond donors (Lipinski definition) is 2. The Morgan fingerprint density at radius 2 is 1.53 bits per heavy atom. The molecule has 0 atom stereocenters. The van der Waals surface area contributed by atoms with Gasteiger partial charge in [-0.1, -0.05) is 33.0 Å². The maximum atomic E-state index is 12.1. The molecule has 0 heterocycles. The lowest BCUT2D eigenvalue weighted by Gasteiger charge is -2.36. The molecule has 0 spiro atoms. The van der Waals surface area contributed by atoms with Crippen molar-refractivity contribution in [3.63, 3.8) is 0 Å². The Balaban J connectivity index is 4.74. The fourth-order valence-electron chi connectivity index (χ4n) is 1.95. The molecule has 0 fully saturated rings. The van der Waals surface area contributed by atoms with E-state index >= 15 is 0 Å². The van der Waals surface area contributed by atoms with E-state index in [1.54, 1.807) is 13.8 Å². The quantitative estimate of drug-likeness (QED) is 0.762. The van der Waals surface area contributed by atoms with Crippen LogP contribution in [0.2, 0.25) is 0 Å². The molecule has 0 unspecified atom stereocenters. The van der Waals surface area contributed by atoms with Crippen LogP contribution in [0.3, 0.4) is 0 Å². The Morgan fingerprint density at radius 1 is 1.12 bits per heavy atom. The van der Waals surface area contributed by atoms with Crippen LogP contribution in [0, 0.1) is 10.8 Å². The van der Waals surface area contributed by atoms with Crippen LogP contribution in [0.4, 0.5) is 0 Å². The summed E-state index contributed by atoms with van der Waals surface area (Å²) in [4.78, 5) is 12.4. The van der Waals surface area contributed by atoms with E-state index in [1.165, 1.54) is 0 Å². The van der Waals surface area contributed by atoms with Crippen LogP contribution in [-0.2, 0) is 4.79 Å². The number of carbonyl (C=O) groups is 1. The zero-order chi connectivity index (χ0) is 14.1. The lowest BCUT2D eigenvalue weighted by atomic mass is 9.81. The second-order valence-electron chi connectivity index (χ2n) is 7.06. The molecular weight excluding hydrogens is 232 g/mol. The summed E-state index contributed by atoms with van der Waals surface area (Å²) in [6, 6.07) is 0. The molecule has 0 saturated heterocycles. The first kappa shape index (κ1) is 16.4. The van der Waals surface area contributed by atoms with Crippen LogP contribution in [-0.4, -0.2) is 16.4 Å². The van der Waals surface area contributed by atoms with Gasteiger partial charge in [0, 0.05) is 5.54 Å². The first-order valence-corrected chi connectivity index (χ1v) is 6.31. The van der Waals surface area contributed by atoms with Crippen molar-refractivity contribution in [2.45, 2.75) is 60.4 Å². The molecule has 0 aliphatic heterocycles. The lowest BCUT2D eigenvalue weighted by molar-refractivity contribution is -0.128. The summed E-state index contributed by atoms with van der Waals surface area (Å²) in [5.74, 6) is -0.112. The van der Waals surface area contributed by atoms with Gasteiger partial charge in [-0.25, -0.2) is 0 Å². The van der Waals surface area contributed by atoms with Crippen LogP contribution >= 0.6 is 12.2 Å². The highest BCUT2D eigenvalue weighted by atomic mass is 32.1. The van der Waals surface area contributed by atoms with Crippen molar-refractivity contribution < 1.29 is 4.79 Å². The van der Waals surface area contributed by atoms with Gasteiger partial charge in [0.2, 0.25) is 5.91 Å². The smallest absolute Gasteiger partial charge is 0.232 e. The molecule has 0 aromatic carbocycles. The Kier molecular flexibility index (Phi) is 4.74. The molecule has 0 aliphatic rings. The molecule has 0 rings (SSSR count). The molecule has 0 radical (unpaired) electrons. The van der Waals surface area contributed by atoms with E-state index in [4.69, 9.17) is 18.0 Å². The number of carbonyl (C=O) groups excluding carboxylic acids is 1. The van der Waals surface area contributed by atoms with Crippen LogP contribution in [0.15, 0.2) is 0 Å². The van der Waals surface area contributed by atoms with Crippen molar-refractivity contribution in [3.05, 3.63) is 0 Å². The fourth-order valence-corrected chi connectivity index (χ4v) is 2.04. The van der Waals surface area contributed by atoms with E-state index in [0.717, 1.165) is 6.42 Å². The van der Waals surface area contributed by atoms with Gasteiger partial charge in [0.1, 0.15) is 0 Å². The molecule has 0 bridgehead atoms. The summed E-state index contributed by atoms with van der Waals surface area (Å²) in [5.41, 5.74) is 4.68. The van der Waals surface area contributed by atoms with Crippen molar-refractivity contribution in [1.82, 2.24) is 5.32 Å². The molecule has 3 nitrogen and oxygen atoms in total. The molecule has 0 aromatic heterocycles. The molecule has 0 saturated carbocycles. The second kappa shape index (κ2) is 4.92. The van der Waals surface area contributed by atoms with Crippen LogP contribution in [0.25, 0.3) is 0 Å². The third-order valence-corrected chi connectivity index (χ3v) is 3.12. The number of thiocarbonyl (C=S) groups is 1. The van der Waals surface area contributed by atoms with E-state index in [1.807, 2.05) is 13.8 Å². The van der Waals surface area contributed by atoms with Crippen molar-refractivity contribution in [2.75, 3.05) is 0 Å². The Bertz CT molecular complexity index is 314. The minimum atomic E-state index is -0.801. The fraction of sp³-hybridized carbons (Fsp3) is 0.846. The van der Waals surface area contributed by atoms with E-state index in [2.05, 4.69) is 26.1 Å². The Labute approximate surface area is 111 Å². The highest BCUT2D eigenvalue weighted by Crippen LogP contribution is 2.28. The lowest BCUT2D eigenvalue weighted by Crippen LogP contribution is -2.53. The number of hydrogen-bond acceptors (Lipinski definition) is 2. The minimum absolute atomic E-state index is 0.112. The van der Waals surface area contributed by atoms with Gasteiger partial charge in [-0.15, -0.1) is 0 Å². The summed E-state index contributed by atoms with van der Waals surface area (Å²) < 4.78 is 0. The number of rotatable bonds is 4. The predicted molar refractivity (Wildman–Crippen MR) is 76.9 cm³/mol. The van der Waals surface area contributed by atoms with E-state index < -0.39 is 5.41 Å². The predicted octanol–water partition coefficient (Wildman–Crippen LogP) is 2.63. The Hall–Kier alpha value is -0.640. The van der Waals surface area contributed by atoms with E-state index in [0.29, 0.717) is 0 Å². The normalized spacial score (nSPS) is 13.4. The van der Waals surface area contributed by atoms with Gasteiger partial charge in [0.05, 0.1) is 10.4 Å². The number of nitrogens with one attached hydrogen (secondary N) is 1. The van der Waals surface area contributed by atoms with Gasteiger partial charge in [-0.2, -0.15) is 0 Å². The zero-order valence-electron chi connectivity index (χ0n) is 12.1. The molecule has 0 aromatic rings. The molecule has 3 N–H and O–H groups in total. The van der Waals surface area contributed by atoms with E-state index in [-0.39, 0.29) is 21.8 Å². The maximum absolute atomic E-state index is 12.1. The van der Waals surface area contributed by atoms with Crippen LogP contribution in [0.1, 0.15) is 54.9 Å². The highest BCUT2D eigenvalue weighted by molar-refractivity contribution is 7.80. The Morgan fingerprint density at radius 3 is 1.82 bits per heavy atom. The SMILES string of the molecule is CC(C)(C)CC(C)(C)NC(=O)C(C)(C)C(N)=S. The second-order valence-corrected chi connectivity index (χ2v) is 7.50. The largest absolute Gasteiger partial charge is 0.392 e. The average Bonchev–Trinajstić information content (AvgIpc) is 1.97. The maximum Gasteiger partial charge on any atom is 0.232 e. The van der Waals surface area contributed by atoms with Gasteiger partial charge in [0.25, 0.3) is 0 Å². The monoisotopic (exact) mass is 258 g/mol. The van der Waals surface area contributed by atoms with Crippen molar-refractivity contribution in [3.8, 4) is 0 Å². The molecule has 0 aliphatic carbocycles. The molecule has 1 amide bonds. The van der Waals surface area contributed by atoms with Gasteiger partial charge in [0.15, 0.2) is 0 Å². The average molecular weight is 258 g/mol. The summed E-state index contributed by atoms with van der Waals surface area (Å²) in [5, 5.41) is 3.03. The third kappa shape index (κ3) is 5.48. The van der Waals surface area contributed by atoms with Gasteiger partial charge in [-0.05, 0) is 39.5 Å². The topological polar surface area (TPSA) is 55.1 Å². The number of nitrogens with two attached hydrogens (primary N) is 1. The summed E-state index contributed by atoms with van der Waals surface area (Å²) in [6.45, 7) is 14.0. The summed E-state index contributed by atoms with van der Waals surface area (Å²) in [6.07, 6.45) is 0.888. The molecule has 4 heteroatoms. The number of amides is 1. The molecule has 17 heavy (non-hydrogen) atoms. The highest BCUT2D eigenvalue weighted by Gasteiger charge is 2.35. The van der Waals surface area contributed by atoms with Gasteiger partial charge >= 0.3 is 0 Å². The minimum Gasteiger partial charge on any atom is -0.392 e. The first-order valence-electron chi connectivity index (χ1n) is 5.90. The first-order chi connectivity index (χ1) is 7.28. The van der Waals surface area contributed by atoms with Crippen molar-refractivity contribution in [1.29, 1.82) is 0 Å². The zero-order valence-corrected chi connectivity index (χ0v) is 12.9. The van der Waals surface area contributed by atoms with Crippen LogP contribution in [0.5, 0.6) is 0 Å². The van der Waals surface area contributed by atoms with Gasteiger partial charge in [-0.3, -0.25) is 4.79 Å². The standard InChI is InChI=1S/C13H26N2OS/c1-11(2,3)8-12(4,5)15-10(16)13(6,7)9(14)17/h8H2,1-7H3,(H2,14,17)(H,15,16). The summed E-state index contributed by atoms with van der Waals surface area (Å²) in [7, 11) is 0. The third-order valence-electron chi connectivity index (χ3n) is 2.61. The van der Waals surface area contributed by atoms with Crippen molar-refractivity contribution in [2.24, 2.45) is 16.6 Å². The van der Waals surface area contributed by atoms with Gasteiger partial charge < -0.3 is 11.1 Å². The summed E-state index contributed by atoms with van der Waals surface area (Å²) >= 11 is 4.92. The van der Waals surface area contributed by atoms with Crippen LogP contribution < -0.4 is 11.1 Å². The van der Waals surface area contributed by atoms with E-state index in [9.17, 15) is 4.79 Å². The molecular formula is C13H26N2OS. The van der Waals surface area contributed by atoms with Crippen molar-refractivity contribution >= 4 is 23.1 Å². The molecule has 100 valence electrons.